The third-order valence-corrected chi connectivity index (χ3v) is 4.69. The third kappa shape index (κ3) is 4.40. The van der Waals surface area contributed by atoms with Crippen LogP contribution in [0.5, 0.6) is 0 Å². The fraction of sp³-hybridized carbons (Fsp3) is 0.190. The Bertz CT molecular complexity index is 929. The van der Waals surface area contributed by atoms with Crippen LogP contribution in [0, 0.1) is 5.92 Å². The molecule has 28 heavy (non-hydrogen) atoms. The summed E-state index contributed by atoms with van der Waals surface area (Å²) in [6.07, 6.45) is 1.68. The first kappa shape index (κ1) is 19.6. The number of halogens is 1. The highest BCUT2D eigenvalue weighted by Crippen LogP contribution is 2.28. The molecule has 0 aromatic heterocycles. The topological polar surface area (TPSA) is 78.5 Å². The molecule has 0 spiro atoms. The predicted molar refractivity (Wildman–Crippen MR) is 110 cm³/mol. The van der Waals surface area contributed by atoms with Crippen LogP contribution in [0.15, 0.2) is 61.2 Å². The largest absolute Gasteiger partial charge is 0.349 e. The number of para-hydroxylation sites is 1. The van der Waals surface area contributed by atoms with Gasteiger partial charge in [0.25, 0.3) is 5.91 Å². The Kier molecular flexibility index (Phi) is 6.11. The number of amides is 3. The van der Waals surface area contributed by atoms with Crippen molar-refractivity contribution in [3.63, 3.8) is 0 Å². The fourth-order valence-electron chi connectivity index (χ4n) is 3.06. The first-order valence-corrected chi connectivity index (χ1v) is 9.22. The molecule has 0 aliphatic carbocycles. The van der Waals surface area contributed by atoms with E-state index in [1.54, 1.807) is 59.5 Å². The highest BCUT2D eigenvalue weighted by molar-refractivity contribution is 6.31. The van der Waals surface area contributed by atoms with Crippen LogP contribution in [0.25, 0.3) is 0 Å². The van der Waals surface area contributed by atoms with Gasteiger partial charge in [0.2, 0.25) is 11.8 Å². The summed E-state index contributed by atoms with van der Waals surface area (Å²) in [5, 5.41) is 6.00. The van der Waals surface area contributed by atoms with E-state index in [4.69, 9.17) is 11.6 Å². The van der Waals surface area contributed by atoms with E-state index in [1.165, 1.54) is 0 Å². The van der Waals surface area contributed by atoms with Crippen LogP contribution in [0.1, 0.15) is 16.8 Å². The summed E-state index contributed by atoms with van der Waals surface area (Å²) in [5.41, 5.74) is 1.42. The van der Waals surface area contributed by atoms with Crippen LogP contribution in [0.4, 0.5) is 11.4 Å². The maximum atomic E-state index is 12.7. The minimum Gasteiger partial charge on any atom is -0.349 e. The molecule has 1 aliphatic rings. The van der Waals surface area contributed by atoms with Crippen molar-refractivity contribution in [3.8, 4) is 0 Å². The van der Waals surface area contributed by atoms with Crippen LogP contribution in [-0.4, -0.2) is 30.8 Å². The highest BCUT2D eigenvalue weighted by atomic mass is 35.5. The molecule has 144 valence electrons. The number of anilines is 2. The second-order valence-corrected chi connectivity index (χ2v) is 6.86. The number of rotatable bonds is 6. The fourth-order valence-corrected chi connectivity index (χ4v) is 3.25. The summed E-state index contributed by atoms with van der Waals surface area (Å²) in [5.74, 6) is -1.27. The Hall–Kier alpha value is -3.12. The number of nitrogens with zero attached hydrogens (tertiary/aromatic N) is 1. The van der Waals surface area contributed by atoms with Crippen LogP contribution in [-0.2, 0) is 9.59 Å². The van der Waals surface area contributed by atoms with Gasteiger partial charge >= 0.3 is 0 Å². The van der Waals surface area contributed by atoms with Crippen molar-refractivity contribution in [3.05, 3.63) is 71.8 Å². The zero-order valence-corrected chi connectivity index (χ0v) is 15.9. The van der Waals surface area contributed by atoms with E-state index >= 15 is 0 Å². The van der Waals surface area contributed by atoms with E-state index in [9.17, 15) is 14.4 Å². The standard InChI is InChI=1S/C21H20ClN3O3/c1-2-10-23-21(28)17-8-3-4-9-18(17)24-20(27)14-11-19(26)25(13-14)16-7-5-6-15(22)12-16/h2-9,12,14H,1,10-11,13H2,(H,23,28)(H,24,27)/t14-/m0/s1. The quantitative estimate of drug-likeness (QED) is 0.734. The molecule has 2 aromatic carbocycles. The van der Waals surface area contributed by atoms with E-state index in [0.717, 1.165) is 0 Å². The van der Waals surface area contributed by atoms with Crippen molar-refractivity contribution in [1.29, 1.82) is 0 Å². The average molecular weight is 398 g/mol. The highest BCUT2D eigenvalue weighted by Gasteiger charge is 2.35. The van der Waals surface area contributed by atoms with Crippen molar-refractivity contribution < 1.29 is 14.4 Å². The van der Waals surface area contributed by atoms with Gasteiger partial charge in [-0.1, -0.05) is 35.9 Å². The molecule has 1 aliphatic heterocycles. The van der Waals surface area contributed by atoms with Crippen molar-refractivity contribution >= 4 is 40.7 Å². The van der Waals surface area contributed by atoms with Crippen molar-refractivity contribution in [2.45, 2.75) is 6.42 Å². The van der Waals surface area contributed by atoms with Gasteiger partial charge in [-0.25, -0.2) is 0 Å². The second-order valence-electron chi connectivity index (χ2n) is 6.42. The molecule has 0 unspecified atom stereocenters. The van der Waals surface area contributed by atoms with Gasteiger partial charge in [0.05, 0.1) is 17.2 Å². The normalized spacial score (nSPS) is 16.0. The number of nitrogens with one attached hydrogen (secondary N) is 2. The van der Waals surface area contributed by atoms with Gasteiger partial charge in [0, 0.05) is 30.2 Å². The SMILES string of the molecule is C=CCNC(=O)c1ccccc1NC(=O)[C@H]1CC(=O)N(c2cccc(Cl)c2)C1. The van der Waals surface area contributed by atoms with Gasteiger partial charge in [-0.15, -0.1) is 6.58 Å². The Balaban J connectivity index is 1.72. The van der Waals surface area contributed by atoms with Crippen molar-refractivity contribution in [2.24, 2.45) is 5.92 Å². The van der Waals surface area contributed by atoms with E-state index in [1.807, 2.05) is 0 Å². The van der Waals surface area contributed by atoms with Crippen molar-refractivity contribution in [2.75, 3.05) is 23.3 Å². The smallest absolute Gasteiger partial charge is 0.253 e. The molecule has 6 nitrogen and oxygen atoms in total. The number of carbonyl (C=O) groups excluding carboxylic acids is 3. The van der Waals surface area contributed by atoms with Crippen LogP contribution >= 0.6 is 11.6 Å². The molecule has 2 aromatic rings. The van der Waals surface area contributed by atoms with E-state index in [2.05, 4.69) is 17.2 Å². The Morgan fingerprint density at radius 3 is 2.75 bits per heavy atom. The molecule has 7 heteroatoms. The van der Waals surface area contributed by atoms with Gasteiger partial charge in [-0.2, -0.15) is 0 Å². The summed E-state index contributed by atoms with van der Waals surface area (Å²) in [6, 6.07) is 13.7. The number of hydrogen-bond donors (Lipinski definition) is 2. The second kappa shape index (κ2) is 8.71. The first-order chi connectivity index (χ1) is 13.5. The predicted octanol–water partition coefficient (Wildman–Crippen LogP) is 3.25. The van der Waals surface area contributed by atoms with Crippen LogP contribution in [0.2, 0.25) is 5.02 Å². The van der Waals surface area contributed by atoms with Gasteiger partial charge in [-0.05, 0) is 30.3 Å². The van der Waals surface area contributed by atoms with E-state index in [0.29, 0.717) is 28.5 Å². The lowest BCUT2D eigenvalue weighted by molar-refractivity contribution is -0.122. The van der Waals surface area contributed by atoms with E-state index in [-0.39, 0.29) is 30.7 Å². The van der Waals surface area contributed by atoms with E-state index < -0.39 is 5.92 Å². The third-order valence-electron chi connectivity index (χ3n) is 4.45. The molecule has 0 bridgehead atoms. The van der Waals surface area contributed by atoms with Gasteiger partial charge in [0.15, 0.2) is 0 Å². The molecule has 0 saturated carbocycles. The summed E-state index contributed by atoms with van der Waals surface area (Å²) in [6.45, 7) is 4.15. The van der Waals surface area contributed by atoms with Crippen molar-refractivity contribution in [1.82, 2.24) is 5.32 Å². The molecular formula is C21H20ClN3O3. The molecule has 0 radical (unpaired) electrons. The molecular weight excluding hydrogens is 378 g/mol. The Morgan fingerprint density at radius 1 is 1.21 bits per heavy atom. The Morgan fingerprint density at radius 2 is 2.00 bits per heavy atom. The maximum absolute atomic E-state index is 12.7. The molecule has 1 fully saturated rings. The number of carbonyl (C=O) groups is 3. The number of hydrogen-bond acceptors (Lipinski definition) is 3. The molecule has 1 atom stereocenters. The molecule has 1 saturated heterocycles. The summed E-state index contributed by atoms with van der Waals surface area (Å²) in [4.78, 5) is 38.9. The minimum absolute atomic E-state index is 0.100. The lowest BCUT2D eigenvalue weighted by Gasteiger charge is -2.17. The van der Waals surface area contributed by atoms with Gasteiger partial charge in [-0.3, -0.25) is 14.4 Å². The monoisotopic (exact) mass is 397 g/mol. The summed E-state index contributed by atoms with van der Waals surface area (Å²) in [7, 11) is 0. The molecule has 3 rings (SSSR count). The van der Waals surface area contributed by atoms with Gasteiger partial charge < -0.3 is 15.5 Å². The Labute approximate surface area is 168 Å². The molecule has 1 heterocycles. The lowest BCUT2D eigenvalue weighted by atomic mass is 10.1. The molecule has 3 amide bonds. The van der Waals surface area contributed by atoms with Crippen LogP contribution < -0.4 is 15.5 Å². The minimum atomic E-state index is -0.518. The van der Waals surface area contributed by atoms with Crippen LogP contribution in [0.3, 0.4) is 0 Å². The zero-order chi connectivity index (χ0) is 20.1. The van der Waals surface area contributed by atoms with Gasteiger partial charge in [0.1, 0.15) is 0 Å². The lowest BCUT2D eigenvalue weighted by Crippen LogP contribution is -2.29. The number of benzene rings is 2. The average Bonchev–Trinajstić information content (AvgIpc) is 3.08. The molecule has 2 N–H and O–H groups in total. The zero-order valence-electron chi connectivity index (χ0n) is 15.2. The maximum Gasteiger partial charge on any atom is 0.253 e. The first-order valence-electron chi connectivity index (χ1n) is 8.84. The summed E-state index contributed by atoms with van der Waals surface area (Å²) >= 11 is 6.00. The summed E-state index contributed by atoms with van der Waals surface area (Å²) < 4.78 is 0.